The Morgan fingerprint density at radius 1 is 1.31 bits per heavy atom. The van der Waals surface area contributed by atoms with Crippen molar-refractivity contribution in [1.29, 1.82) is 0 Å². The number of hydrogen-bond acceptors (Lipinski definition) is 3. The molecule has 16 heavy (non-hydrogen) atoms. The Morgan fingerprint density at radius 2 is 2.00 bits per heavy atom. The van der Waals surface area contributed by atoms with Crippen LogP contribution in [0.1, 0.15) is 39.5 Å². The van der Waals surface area contributed by atoms with Crippen LogP contribution >= 0.6 is 0 Å². The molecule has 1 aliphatic carbocycles. The van der Waals surface area contributed by atoms with Gasteiger partial charge in [-0.3, -0.25) is 9.80 Å². The molecular formula is C13H27N3. The minimum absolute atomic E-state index is 0.165. The lowest BCUT2D eigenvalue weighted by molar-refractivity contribution is 0.150. The van der Waals surface area contributed by atoms with E-state index in [1.165, 1.54) is 51.9 Å². The molecule has 2 N–H and O–H groups in total. The molecule has 0 radical (unpaired) electrons. The molecule has 0 aromatic rings. The van der Waals surface area contributed by atoms with E-state index < -0.39 is 0 Å². The van der Waals surface area contributed by atoms with Crippen LogP contribution in [0.4, 0.5) is 0 Å². The highest BCUT2D eigenvalue weighted by molar-refractivity contribution is 4.97. The van der Waals surface area contributed by atoms with Gasteiger partial charge < -0.3 is 5.73 Å². The van der Waals surface area contributed by atoms with E-state index in [-0.39, 0.29) is 5.54 Å². The van der Waals surface area contributed by atoms with E-state index in [2.05, 4.69) is 23.6 Å². The summed E-state index contributed by atoms with van der Waals surface area (Å²) in [5, 5.41) is 0. The van der Waals surface area contributed by atoms with Gasteiger partial charge in [-0.05, 0) is 45.3 Å². The molecule has 1 atom stereocenters. The van der Waals surface area contributed by atoms with Crippen LogP contribution in [0.15, 0.2) is 0 Å². The molecule has 1 saturated heterocycles. The Bertz CT molecular complexity index is 221. The summed E-state index contributed by atoms with van der Waals surface area (Å²) in [6, 6.07) is 0.777. The zero-order valence-electron chi connectivity index (χ0n) is 10.9. The summed E-state index contributed by atoms with van der Waals surface area (Å²) in [7, 11) is 0. The van der Waals surface area contributed by atoms with Gasteiger partial charge >= 0.3 is 0 Å². The Morgan fingerprint density at radius 3 is 2.50 bits per heavy atom. The topological polar surface area (TPSA) is 32.5 Å². The standard InChI is InChI=1S/C13H27N3/c1-3-16(4-2)12-6-9-15(10-12)11-13(14)7-5-8-13/h12H,3-11,14H2,1-2H3. The van der Waals surface area contributed by atoms with Crippen LogP contribution in [0.2, 0.25) is 0 Å². The number of hydrogen-bond donors (Lipinski definition) is 1. The Labute approximate surface area is 100.0 Å². The molecule has 1 heterocycles. The minimum atomic E-state index is 0.165. The van der Waals surface area contributed by atoms with Gasteiger partial charge in [0.15, 0.2) is 0 Å². The molecule has 0 amide bonds. The van der Waals surface area contributed by atoms with Crippen molar-refractivity contribution in [3.63, 3.8) is 0 Å². The molecule has 1 saturated carbocycles. The van der Waals surface area contributed by atoms with Crippen molar-refractivity contribution in [2.24, 2.45) is 5.73 Å². The van der Waals surface area contributed by atoms with Crippen molar-refractivity contribution in [1.82, 2.24) is 9.80 Å². The van der Waals surface area contributed by atoms with Crippen molar-refractivity contribution in [3.8, 4) is 0 Å². The molecule has 0 bridgehead atoms. The highest BCUT2D eigenvalue weighted by Gasteiger charge is 2.36. The second kappa shape index (κ2) is 5.03. The Hall–Kier alpha value is -0.120. The molecule has 1 aliphatic heterocycles. The van der Waals surface area contributed by atoms with Gasteiger partial charge in [0.2, 0.25) is 0 Å². The largest absolute Gasteiger partial charge is 0.324 e. The molecule has 0 spiro atoms. The Kier molecular flexibility index (Phi) is 3.88. The van der Waals surface area contributed by atoms with Crippen molar-refractivity contribution in [3.05, 3.63) is 0 Å². The third-order valence-electron chi connectivity index (χ3n) is 4.46. The fourth-order valence-corrected chi connectivity index (χ4v) is 3.23. The Balaban J connectivity index is 1.78. The van der Waals surface area contributed by atoms with Gasteiger partial charge in [0.05, 0.1) is 0 Å². The van der Waals surface area contributed by atoms with Crippen LogP contribution in [0.25, 0.3) is 0 Å². The van der Waals surface area contributed by atoms with Gasteiger partial charge in [-0.2, -0.15) is 0 Å². The van der Waals surface area contributed by atoms with Gasteiger partial charge in [0.25, 0.3) is 0 Å². The lowest BCUT2D eigenvalue weighted by Gasteiger charge is -2.41. The lowest BCUT2D eigenvalue weighted by atomic mass is 9.77. The average molecular weight is 225 g/mol. The number of likely N-dealkylation sites (tertiary alicyclic amines) is 1. The maximum Gasteiger partial charge on any atom is 0.0283 e. The summed E-state index contributed by atoms with van der Waals surface area (Å²) < 4.78 is 0. The molecule has 0 aromatic carbocycles. The van der Waals surface area contributed by atoms with E-state index in [9.17, 15) is 0 Å². The SMILES string of the molecule is CCN(CC)C1CCN(CC2(N)CCC2)C1. The van der Waals surface area contributed by atoms with E-state index in [0.29, 0.717) is 0 Å². The van der Waals surface area contributed by atoms with Crippen molar-refractivity contribution < 1.29 is 0 Å². The van der Waals surface area contributed by atoms with Gasteiger partial charge in [-0.25, -0.2) is 0 Å². The van der Waals surface area contributed by atoms with E-state index in [4.69, 9.17) is 5.73 Å². The minimum Gasteiger partial charge on any atom is -0.324 e. The summed E-state index contributed by atoms with van der Waals surface area (Å²) in [6.45, 7) is 10.5. The molecule has 1 unspecified atom stereocenters. The fraction of sp³-hybridized carbons (Fsp3) is 1.00. The van der Waals surface area contributed by atoms with Crippen LogP contribution < -0.4 is 5.73 Å². The monoisotopic (exact) mass is 225 g/mol. The molecule has 2 fully saturated rings. The number of likely N-dealkylation sites (N-methyl/N-ethyl adjacent to an activating group) is 1. The highest BCUT2D eigenvalue weighted by atomic mass is 15.3. The molecular weight excluding hydrogens is 198 g/mol. The first-order chi connectivity index (χ1) is 7.67. The molecule has 2 aliphatic rings. The zero-order valence-corrected chi connectivity index (χ0v) is 10.9. The van der Waals surface area contributed by atoms with E-state index in [1.807, 2.05) is 0 Å². The second-order valence-corrected chi connectivity index (χ2v) is 5.61. The molecule has 3 nitrogen and oxygen atoms in total. The van der Waals surface area contributed by atoms with Crippen LogP contribution in [-0.2, 0) is 0 Å². The van der Waals surface area contributed by atoms with Crippen LogP contribution in [0, 0.1) is 0 Å². The fourth-order valence-electron chi connectivity index (χ4n) is 3.23. The lowest BCUT2D eigenvalue weighted by Crippen LogP contribution is -2.55. The highest BCUT2D eigenvalue weighted by Crippen LogP contribution is 2.31. The summed E-state index contributed by atoms with van der Waals surface area (Å²) in [5.74, 6) is 0. The molecule has 3 heteroatoms. The van der Waals surface area contributed by atoms with Gasteiger partial charge in [0.1, 0.15) is 0 Å². The summed E-state index contributed by atoms with van der Waals surface area (Å²) >= 11 is 0. The number of rotatable bonds is 5. The summed E-state index contributed by atoms with van der Waals surface area (Å²) in [6.07, 6.45) is 5.14. The van der Waals surface area contributed by atoms with Crippen molar-refractivity contribution in [2.75, 3.05) is 32.7 Å². The predicted octanol–water partition coefficient (Wildman–Crippen LogP) is 1.28. The molecule has 2 rings (SSSR count). The zero-order chi connectivity index (χ0) is 11.6. The first-order valence-electron chi connectivity index (χ1n) is 6.92. The maximum absolute atomic E-state index is 6.31. The second-order valence-electron chi connectivity index (χ2n) is 5.61. The number of nitrogens with zero attached hydrogens (tertiary/aromatic N) is 2. The van der Waals surface area contributed by atoms with E-state index in [1.54, 1.807) is 0 Å². The molecule has 94 valence electrons. The van der Waals surface area contributed by atoms with Gasteiger partial charge in [-0.15, -0.1) is 0 Å². The van der Waals surface area contributed by atoms with Gasteiger partial charge in [0, 0.05) is 24.7 Å². The quantitative estimate of drug-likeness (QED) is 0.765. The van der Waals surface area contributed by atoms with Crippen molar-refractivity contribution in [2.45, 2.75) is 51.1 Å². The third kappa shape index (κ3) is 2.58. The van der Waals surface area contributed by atoms with E-state index in [0.717, 1.165) is 12.6 Å². The third-order valence-corrected chi connectivity index (χ3v) is 4.46. The first kappa shape index (κ1) is 12.3. The van der Waals surface area contributed by atoms with E-state index >= 15 is 0 Å². The summed E-state index contributed by atoms with van der Waals surface area (Å²) in [4.78, 5) is 5.17. The maximum atomic E-state index is 6.31. The smallest absolute Gasteiger partial charge is 0.0283 e. The number of nitrogens with two attached hydrogens (primary N) is 1. The average Bonchev–Trinajstić information content (AvgIpc) is 2.66. The van der Waals surface area contributed by atoms with Crippen molar-refractivity contribution >= 4 is 0 Å². The van der Waals surface area contributed by atoms with Crippen LogP contribution in [0.3, 0.4) is 0 Å². The summed E-state index contributed by atoms with van der Waals surface area (Å²) in [5.41, 5.74) is 6.48. The first-order valence-corrected chi connectivity index (χ1v) is 6.92. The molecule has 0 aromatic heterocycles. The van der Waals surface area contributed by atoms with Gasteiger partial charge in [-0.1, -0.05) is 13.8 Å². The normalized spacial score (nSPS) is 29.6. The van der Waals surface area contributed by atoms with Crippen LogP contribution in [-0.4, -0.2) is 54.1 Å². The van der Waals surface area contributed by atoms with Crippen LogP contribution in [0.5, 0.6) is 0 Å². The predicted molar refractivity (Wildman–Crippen MR) is 68.5 cm³/mol.